The maximum absolute atomic E-state index is 11.5. The van der Waals surface area contributed by atoms with Gasteiger partial charge in [-0.3, -0.25) is 10.2 Å². The van der Waals surface area contributed by atoms with Crippen molar-refractivity contribution in [3.63, 3.8) is 0 Å². The lowest BCUT2D eigenvalue weighted by atomic mass is 10.00. The number of carbonyl (C=O) groups is 1. The van der Waals surface area contributed by atoms with Crippen LogP contribution in [0.2, 0.25) is 0 Å². The first-order chi connectivity index (χ1) is 8.27. The lowest BCUT2D eigenvalue weighted by Gasteiger charge is -2.06. The fraction of sp³-hybridized carbons (Fsp3) is 0.0667. The van der Waals surface area contributed by atoms with Gasteiger partial charge in [-0.15, -0.1) is 0 Å². The first-order valence-corrected chi connectivity index (χ1v) is 5.44. The highest BCUT2D eigenvalue weighted by Crippen LogP contribution is 2.43. The molecular formula is C15H12N2O. The molecule has 1 amide bonds. The number of nitrogens with one attached hydrogen (secondary N) is 2. The van der Waals surface area contributed by atoms with Gasteiger partial charge in [0.2, 0.25) is 0 Å². The zero-order valence-corrected chi connectivity index (χ0v) is 8.87. The summed E-state index contributed by atoms with van der Waals surface area (Å²) in [5, 5.41) is 12.9. The lowest BCUT2D eigenvalue weighted by molar-refractivity contribution is -0.113. The number of benzene rings is 2. The molecule has 1 aliphatic heterocycles. The van der Waals surface area contributed by atoms with Crippen molar-refractivity contribution in [2.24, 2.45) is 0 Å². The fourth-order valence-electron chi connectivity index (χ4n) is 2.71. The Morgan fingerprint density at radius 3 is 2.39 bits per heavy atom. The third kappa shape index (κ3) is 1.03. The average molecular weight is 236 g/mol. The summed E-state index contributed by atoms with van der Waals surface area (Å²) < 4.78 is 0. The van der Waals surface area contributed by atoms with E-state index < -0.39 is 0 Å². The van der Waals surface area contributed by atoms with Crippen LogP contribution in [0.25, 0.3) is 22.0 Å². The molecular weight excluding hydrogens is 224 g/mol. The molecule has 2 aromatic rings. The van der Waals surface area contributed by atoms with E-state index in [0.29, 0.717) is 0 Å². The van der Waals surface area contributed by atoms with Crippen LogP contribution in [0, 0.1) is 5.41 Å². The van der Waals surface area contributed by atoms with E-state index in [2.05, 4.69) is 17.4 Å². The van der Waals surface area contributed by atoms with Gasteiger partial charge in [0.15, 0.2) is 0 Å². The van der Waals surface area contributed by atoms with Crippen LogP contribution in [0.1, 0.15) is 18.6 Å². The summed E-state index contributed by atoms with van der Waals surface area (Å²) in [4.78, 5) is 11.5. The van der Waals surface area contributed by atoms with Crippen molar-refractivity contribution in [2.45, 2.75) is 7.43 Å². The highest BCUT2D eigenvalue weighted by molar-refractivity contribution is 6.63. The zero-order chi connectivity index (χ0) is 11.6. The minimum atomic E-state index is -0.304. The van der Waals surface area contributed by atoms with Gasteiger partial charge in [0, 0.05) is 11.1 Å². The molecule has 3 nitrogen and oxygen atoms in total. The van der Waals surface area contributed by atoms with Gasteiger partial charge >= 0.3 is 0 Å². The van der Waals surface area contributed by atoms with Crippen molar-refractivity contribution < 1.29 is 4.79 Å². The van der Waals surface area contributed by atoms with Crippen molar-refractivity contribution in [1.82, 2.24) is 5.32 Å². The van der Waals surface area contributed by atoms with Gasteiger partial charge in [0.25, 0.3) is 5.91 Å². The summed E-state index contributed by atoms with van der Waals surface area (Å²) in [5.74, 6) is -0.304. The molecule has 18 heavy (non-hydrogen) atoms. The number of rotatable bonds is 0. The molecule has 1 aliphatic carbocycles. The molecule has 0 saturated carbocycles. The second-order valence-corrected chi connectivity index (χ2v) is 4.29. The maximum atomic E-state index is 11.5. The summed E-state index contributed by atoms with van der Waals surface area (Å²) >= 11 is 0. The van der Waals surface area contributed by atoms with Gasteiger partial charge in [-0.25, -0.2) is 0 Å². The highest BCUT2D eigenvalue weighted by atomic mass is 16.2. The molecule has 0 unspecified atom stereocenters. The van der Waals surface area contributed by atoms with E-state index in [1.165, 1.54) is 0 Å². The molecule has 2 N–H and O–H groups in total. The summed E-state index contributed by atoms with van der Waals surface area (Å²) in [5.41, 5.74) is 3.65. The Balaban J connectivity index is 0.000001000. The Bertz CT molecular complexity index is 751. The molecule has 0 radical (unpaired) electrons. The molecule has 3 heteroatoms. The Hall–Kier alpha value is -2.42. The maximum Gasteiger partial charge on any atom is 0.274 e. The third-order valence-corrected chi connectivity index (χ3v) is 3.41. The SMILES string of the molecule is C.N=C1C(=O)NC2=C1c1cccc3cccc2c13. The standard InChI is InChI=1S/C14H8N2O.CH4/c15-12-11-8-5-1-3-7-4-2-6-9(10(7)8)13(11)16-14(12)17;/h1-6H,(H2,15,16,17);1H4. The van der Waals surface area contributed by atoms with Crippen LogP contribution >= 0.6 is 0 Å². The molecule has 0 saturated heterocycles. The van der Waals surface area contributed by atoms with Crippen LogP contribution in [0.4, 0.5) is 0 Å². The van der Waals surface area contributed by atoms with Gasteiger partial charge in [-0.2, -0.15) is 0 Å². The van der Waals surface area contributed by atoms with E-state index in [1.807, 2.05) is 24.3 Å². The first kappa shape index (κ1) is 10.7. The van der Waals surface area contributed by atoms with Gasteiger partial charge < -0.3 is 5.32 Å². The van der Waals surface area contributed by atoms with Crippen LogP contribution in [-0.2, 0) is 4.79 Å². The zero-order valence-electron chi connectivity index (χ0n) is 8.87. The monoisotopic (exact) mass is 236 g/mol. The van der Waals surface area contributed by atoms with Crippen LogP contribution in [0.5, 0.6) is 0 Å². The van der Waals surface area contributed by atoms with Crippen molar-refractivity contribution in [3.8, 4) is 0 Å². The van der Waals surface area contributed by atoms with Gasteiger partial charge in [-0.1, -0.05) is 43.8 Å². The van der Waals surface area contributed by atoms with Crippen LogP contribution in [0.3, 0.4) is 0 Å². The van der Waals surface area contributed by atoms with E-state index in [-0.39, 0.29) is 19.0 Å². The molecule has 0 aromatic heterocycles. The van der Waals surface area contributed by atoms with E-state index in [9.17, 15) is 4.79 Å². The Kier molecular flexibility index (Phi) is 1.96. The smallest absolute Gasteiger partial charge is 0.274 e. The summed E-state index contributed by atoms with van der Waals surface area (Å²) in [6.45, 7) is 0. The van der Waals surface area contributed by atoms with Crippen LogP contribution < -0.4 is 5.32 Å². The van der Waals surface area contributed by atoms with E-state index >= 15 is 0 Å². The number of fused-ring (bicyclic) bond motifs is 2. The van der Waals surface area contributed by atoms with Crippen molar-refractivity contribution >= 4 is 33.7 Å². The summed E-state index contributed by atoms with van der Waals surface area (Å²) in [6, 6.07) is 12.0. The van der Waals surface area contributed by atoms with Crippen molar-refractivity contribution in [1.29, 1.82) is 5.41 Å². The second-order valence-electron chi connectivity index (χ2n) is 4.29. The predicted octanol–water partition coefficient (Wildman–Crippen LogP) is 2.81. The minimum absolute atomic E-state index is 0. The Morgan fingerprint density at radius 1 is 1.00 bits per heavy atom. The predicted molar refractivity (Wildman–Crippen MR) is 73.4 cm³/mol. The van der Waals surface area contributed by atoms with Gasteiger partial charge in [-0.05, 0) is 16.3 Å². The largest absolute Gasteiger partial charge is 0.319 e. The van der Waals surface area contributed by atoms with Crippen LogP contribution in [0.15, 0.2) is 36.4 Å². The Morgan fingerprint density at radius 2 is 1.67 bits per heavy atom. The summed E-state index contributed by atoms with van der Waals surface area (Å²) in [7, 11) is 0. The van der Waals surface area contributed by atoms with Crippen LogP contribution in [-0.4, -0.2) is 11.6 Å². The fourth-order valence-corrected chi connectivity index (χ4v) is 2.71. The van der Waals surface area contributed by atoms with Gasteiger partial charge in [0.05, 0.1) is 5.70 Å². The molecule has 4 rings (SSSR count). The average Bonchev–Trinajstić information content (AvgIpc) is 2.80. The molecule has 1 heterocycles. The topological polar surface area (TPSA) is 53.0 Å². The lowest BCUT2D eigenvalue weighted by Crippen LogP contribution is -2.21. The van der Waals surface area contributed by atoms with Gasteiger partial charge in [0.1, 0.15) is 5.71 Å². The van der Waals surface area contributed by atoms with Crippen molar-refractivity contribution in [2.75, 3.05) is 0 Å². The number of hydrogen-bond donors (Lipinski definition) is 2. The van der Waals surface area contributed by atoms with E-state index in [1.54, 1.807) is 0 Å². The third-order valence-electron chi connectivity index (χ3n) is 3.41. The number of carbonyl (C=O) groups excluding carboxylic acids is 1. The molecule has 0 atom stereocenters. The quantitative estimate of drug-likeness (QED) is 0.726. The van der Waals surface area contributed by atoms with E-state index in [4.69, 9.17) is 5.41 Å². The highest BCUT2D eigenvalue weighted by Gasteiger charge is 2.35. The molecule has 88 valence electrons. The molecule has 2 aromatic carbocycles. The molecule has 0 spiro atoms. The van der Waals surface area contributed by atoms with Crippen molar-refractivity contribution in [3.05, 3.63) is 47.5 Å². The normalized spacial score (nSPS) is 15.8. The summed E-state index contributed by atoms with van der Waals surface area (Å²) in [6.07, 6.45) is 0. The Labute approximate surface area is 105 Å². The molecule has 0 fully saturated rings. The molecule has 0 bridgehead atoms. The van der Waals surface area contributed by atoms with E-state index in [0.717, 1.165) is 33.2 Å². The minimum Gasteiger partial charge on any atom is -0.319 e. The number of amides is 1. The first-order valence-electron chi connectivity index (χ1n) is 5.44. The number of hydrogen-bond acceptors (Lipinski definition) is 2. The molecule has 2 aliphatic rings. The second kappa shape index (κ2) is 3.29.